The largest absolute Gasteiger partial charge is 0.437 e. The van der Waals surface area contributed by atoms with E-state index in [1.807, 2.05) is 6.20 Å². The van der Waals surface area contributed by atoms with Gasteiger partial charge in [0.2, 0.25) is 5.71 Å². The van der Waals surface area contributed by atoms with Crippen molar-refractivity contribution in [2.75, 3.05) is 0 Å². The lowest BCUT2D eigenvalue weighted by atomic mass is 9.93. The monoisotopic (exact) mass is 446 g/mol. The van der Waals surface area contributed by atoms with Crippen molar-refractivity contribution in [3.05, 3.63) is 83.7 Å². The number of aromatic nitrogens is 2. The normalized spacial score (nSPS) is 14.6. The van der Waals surface area contributed by atoms with Crippen LogP contribution in [0.4, 0.5) is 0 Å². The van der Waals surface area contributed by atoms with Crippen molar-refractivity contribution >= 4 is 22.1 Å². The van der Waals surface area contributed by atoms with Gasteiger partial charge in [-0.1, -0.05) is 63.1 Å². The highest BCUT2D eigenvalue weighted by Crippen LogP contribution is 2.39. The van der Waals surface area contributed by atoms with Gasteiger partial charge in [-0.05, 0) is 78.1 Å². The molecule has 0 amide bonds. The van der Waals surface area contributed by atoms with Gasteiger partial charge in [0.25, 0.3) is 0 Å². The van der Waals surface area contributed by atoms with Gasteiger partial charge in [0.05, 0.1) is 5.69 Å². The Hall–Kier alpha value is -3.46. The molecule has 3 aromatic heterocycles. The molecule has 0 spiro atoms. The van der Waals surface area contributed by atoms with Crippen molar-refractivity contribution in [2.24, 2.45) is 0 Å². The molecule has 0 radical (unpaired) electrons. The minimum absolute atomic E-state index is 0.358. The van der Waals surface area contributed by atoms with E-state index in [9.17, 15) is 0 Å². The number of aryl methyl sites for hydroxylation is 1. The average Bonchev–Trinajstić information content (AvgIpc) is 3.52. The highest BCUT2D eigenvalue weighted by Gasteiger charge is 2.19. The van der Waals surface area contributed by atoms with Crippen LogP contribution in [0.2, 0.25) is 0 Å². The third-order valence-corrected chi connectivity index (χ3v) is 7.39. The van der Waals surface area contributed by atoms with Crippen LogP contribution >= 0.6 is 0 Å². The van der Waals surface area contributed by atoms with E-state index in [0.717, 1.165) is 38.9 Å². The van der Waals surface area contributed by atoms with Crippen LogP contribution < -0.4 is 0 Å². The second-order valence-electron chi connectivity index (χ2n) is 10.0. The summed E-state index contributed by atoms with van der Waals surface area (Å²) >= 11 is 0. The fourth-order valence-corrected chi connectivity index (χ4v) is 5.45. The number of furan rings is 1. The third kappa shape index (κ3) is 3.60. The third-order valence-electron chi connectivity index (χ3n) is 7.39. The van der Waals surface area contributed by atoms with E-state index in [4.69, 9.17) is 14.4 Å². The zero-order valence-corrected chi connectivity index (χ0v) is 20.1. The summed E-state index contributed by atoms with van der Waals surface area (Å²) in [6.45, 7) is 6.44. The van der Waals surface area contributed by atoms with Crippen LogP contribution in [0.5, 0.6) is 0 Å². The number of benzene rings is 2. The second-order valence-corrected chi connectivity index (χ2v) is 10.0. The molecular weight excluding hydrogens is 416 g/mol. The maximum absolute atomic E-state index is 6.39. The van der Waals surface area contributed by atoms with Gasteiger partial charge < -0.3 is 4.42 Å². The van der Waals surface area contributed by atoms with Crippen molar-refractivity contribution in [2.45, 2.75) is 58.3 Å². The van der Waals surface area contributed by atoms with Crippen LogP contribution in [0.15, 0.2) is 71.3 Å². The predicted molar refractivity (Wildman–Crippen MR) is 140 cm³/mol. The lowest BCUT2D eigenvalue weighted by Crippen LogP contribution is -1.93. The quantitative estimate of drug-likeness (QED) is 0.277. The van der Waals surface area contributed by atoms with Gasteiger partial charge in [-0.15, -0.1) is 0 Å². The molecule has 1 aliphatic carbocycles. The standard InChI is InChI=1S/C31H30N2O/c1-19(2)27-14-13-26-25-12-11-20(3)29(30(25)34-31(26)33-27)28-18-24(15-16-32-28)23-10-6-9-22(17-23)21-7-4-5-8-21/h6,9-19,21H,4-5,7-8H2,1-3H3. The van der Waals surface area contributed by atoms with Gasteiger partial charge in [0, 0.05) is 28.2 Å². The summed E-state index contributed by atoms with van der Waals surface area (Å²) in [5, 5.41) is 2.15. The van der Waals surface area contributed by atoms with Crippen LogP contribution in [0.25, 0.3) is 44.5 Å². The summed E-state index contributed by atoms with van der Waals surface area (Å²) < 4.78 is 6.39. The molecule has 0 N–H and O–H groups in total. The summed E-state index contributed by atoms with van der Waals surface area (Å²) in [5.74, 6) is 1.06. The number of rotatable bonds is 4. The Balaban J connectivity index is 1.48. The summed E-state index contributed by atoms with van der Waals surface area (Å²) in [6.07, 6.45) is 7.24. The highest BCUT2D eigenvalue weighted by atomic mass is 16.3. The SMILES string of the molecule is Cc1ccc2c(oc3nc(C(C)C)ccc32)c1-c1cc(-c2cccc(C3CCCC3)c2)ccn1. The van der Waals surface area contributed by atoms with E-state index in [0.29, 0.717) is 17.5 Å². The van der Waals surface area contributed by atoms with Crippen LogP contribution in [0, 0.1) is 6.92 Å². The fourth-order valence-electron chi connectivity index (χ4n) is 5.45. The molecule has 0 atom stereocenters. The zero-order valence-electron chi connectivity index (χ0n) is 20.1. The molecule has 0 saturated heterocycles. The summed E-state index contributed by atoms with van der Waals surface area (Å²) in [5.41, 5.74) is 9.68. The molecule has 2 aromatic carbocycles. The summed E-state index contributed by atoms with van der Waals surface area (Å²) in [6, 6.07) is 22.0. The highest BCUT2D eigenvalue weighted by molar-refractivity contribution is 6.09. The Bertz CT molecular complexity index is 1510. The minimum atomic E-state index is 0.358. The van der Waals surface area contributed by atoms with E-state index in [1.54, 1.807) is 0 Å². The Labute approximate surface area is 200 Å². The molecular formula is C31H30N2O. The average molecular weight is 447 g/mol. The molecule has 3 heteroatoms. The van der Waals surface area contributed by atoms with Gasteiger partial charge in [0.1, 0.15) is 5.58 Å². The molecule has 0 bridgehead atoms. The van der Waals surface area contributed by atoms with E-state index >= 15 is 0 Å². The first kappa shape index (κ1) is 21.1. The van der Waals surface area contributed by atoms with Crippen molar-refractivity contribution in [3.63, 3.8) is 0 Å². The van der Waals surface area contributed by atoms with E-state index in [2.05, 4.69) is 81.4 Å². The van der Waals surface area contributed by atoms with Crippen molar-refractivity contribution in [1.29, 1.82) is 0 Å². The molecule has 5 aromatic rings. The molecule has 170 valence electrons. The first-order chi connectivity index (χ1) is 16.6. The Morgan fingerprint density at radius 1 is 0.882 bits per heavy atom. The smallest absolute Gasteiger partial charge is 0.227 e. The van der Waals surface area contributed by atoms with E-state index < -0.39 is 0 Å². The van der Waals surface area contributed by atoms with Gasteiger partial charge in [-0.3, -0.25) is 4.98 Å². The second kappa shape index (κ2) is 8.39. The zero-order chi connectivity index (χ0) is 23.2. The van der Waals surface area contributed by atoms with Gasteiger partial charge in [-0.25, -0.2) is 4.98 Å². The number of fused-ring (bicyclic) bond motifs is 3. The molecule has 1 fully saturated rings. The summed E-state index contributed by atoms with van der Waals surface area (Å²) in [7, 11) is 0. The van der Waals surface area contributed by atoms with Gasteiger partial charge >= 0.3 is 0 Å². The molecule has 0 aliphatic heterocycles. The van der Waals surface area contributed by atoms with Crippen LogP contribution in [-0.2, 0) is 0 Å². The van der Waals surface area contributed by atoms with Crippen molar-refractivity contribution in [3.8, 4) is 22.4 Å². The van der Waals surface area contributed by atoms with Crippen molar-refractivity contribution < 1.29 is 4.42 Å². The Morgan fingerprint density at radius 2 is 1.68 bits per heavy atom. The first-order valence-electron chi connectivity index (χ1n) is 12.5. The topological polar surface area (TPSA) is 38.9 Å². The predicted octanol–water partition coefficient (Wildman–Crippen LogP) is 8.80. The molecule has 1 saturated carbocycles. The van der Waals surface area contributed by atoms with E-state index in [-0.39, 0.29) is 0 Å². The molecule has 3 nitrogen and oxygen atoms in total. The van der Waals surface area contributed by atoms with Crippen LogP contribution in [-0.4, -0.2) is 9.97 Å². The van der Waals surface area contributed by atoms with Gasteiger partial charge in [-0.2, -0.15) is 0 Å². The first-order valence-corrected chi connectivity index (χ1v) is 12.5. The maximum atomic E-state index is 6.39. The Kier molecular flexibility index (Phi) is 5.21. The molecule has 6 rings (SSSR count). The van der Waals surface area contributed by atoms with Crippen molar-refractivity contribution in [1.82, 2.24) is 9.97 Å². The van der Waals surface area contributed by atoms with Crippen LogP contribution in [0.1, 0.15) is 68.2 Å². The summed E-state index contributed by atoms with van der Waals surface area (Å²) in [4.78, 5) is 9.58. The molecule has 0 unspecified atom stereocenters. The Morgan fingerprint density at radius 3 is 2.50 bits per heavy atom. The van der Waals surface area contributed by atoms with Crippen LogP contribution in [0.3, 0.4) is 0 Å². The van der Waals surface area contributed by atoms with Gasteiger partial charge in [0.15, 0.2) is 0 Å². The maximum Gasteiger partial charge on any atom is 0.227 e. The number of hydrogen-bond donors (Lipinski definition) is 0. The molecule has 3 heterocycles. The number of hydrogen-bond acceptors (Lipinski definition) is 3. The lowest BCUT2D eigenvalue weighted by molar-refractivity contribution is 0.648. The minimum Gasteiger partial charge on any atom is -0.437 e. The van der Waals surface area contributed by atoms with E-state index in [1.165, 1.54) is 42.4 Å². The number of pyridine rings is 2. The number of nitrogens with zero attached hydrogens (tertiary/aromatic N) is 2. The lowest BCUT2D eigenvalue weighted by Gasteiger charge is -2.12. The fraction of sp³-hybridized carbons (Fsp3) is 0.290. The molecule has 1 aliphatic rings. The molecule has 34 heavy (non-hydrogen) atoms.